The van der Waals surface area contributed by atoms with E-state index in [1.165, 1.54) is 10.1 Å². The maximum Gasteiger partial charge on any atom is 0.490 e. The second kappa shape index (κ2) is 22.3. The Morgan fingerprint density at radius 1 is 0.987 bits per heavy atom. The molecule has 6 atom stereocenters. The molecule has 4 aliphatic heterocycles. The van der Waals surface area contributed by atoms with Gasteiger partial charge in [-0.2, -0.15) is 8.62 Å². The second-order valence-electron chi connectivity index (χ2n) is 18.8. The molecular formula is C43H59N10O18P3S. The van der Waals surface area contributed by atoms with Crippen LogP contribution in [0.25, 0.3) is 16.7 Å². The molecule has 1 fully saturated rings. The number of nitrogens with zero attached hydrogens (tertiary/aromatic N) is 7. The molecular weight excluding hydrogens is 1070 g/mol. The van der Waals surface area contributed by atoms with Crippen LogP contribution in [-0.2, 0) is 52.9 Å². The first-order valence-electron chi connectivity index (χ1n) is 23.9. The van der Waals surface area contributed by atoms with Crippen molar-refractivity contribution in [1.29, 1.82) is 0 Å². The second-order valence-corrected chi connectivity index (χ2v) is 24.6. The highest BCUT2D eigenvalue weighted by Gasteiger charge is 2.48. The largest absolute Gasteiger partial charge is 0.748 e. The first-order valence-corrected chi connectivity index (χ1v) is 30.0. The molecule has 410 valence electrons. The van der Waals surface area contributed by atoms with E-state index in [4.69, 9.17) is 30.0 Å². The fraction of sp³-hybridized carbons (Fsp3) is 0.535. The predicted molar refractivity (Wildman–Crippen MR) is 267 cm³/mol. The van der Waals surface area contributed by atoms with Crippen LogP contribution in [-0.4, -0.2) is 137 Å². The first-order chi connectivity index (χ1) is 35.2. The van der Waals surface area contributed by atoms with Gasteiger partial charge in [0.25, 0.3) is 0 Å². The summed E-state index contributed by atoms with van der Waals surface area (Å²) in [4.78, 5) is 69.5. The molecule has 28 nitrogen and oxygen atoms in total. The number of aromatic nitrogens is 4. The number of amides is 1. The lowest BCUT2D eigenvalue weighted by atomic mass is 9.88. The number of phosphoric acid groups is 3. The molecule has 0 spiro atoms. The van der Waals surface area contributed by atoms with Gasteiger partial charge < -0.3 is 65.1 Å². The van der Waals surface area contributed by atoms with Gasteiger partial charge >= 0.3 is 23.5 Å². The number of fused-ring (bicyclic) bond motifs is 5. The number of aryl methyl sites for hydroxylation is 1. The highest BCUT2D eigenvalue weighted by molar-refractivity contribution is 7.86. The predicted octanol–water partition coefficient (Wildman–Crippen LogP) is 1.98. The number of anilines is 3. The number of aliphatic hydroxyl groups is 2. The van der Waals surface area contributed by atoms with Gasteiger partial charge in [-0.15, -0.1) is 0 Å². The van der Waals surface area contributed by atoms with E-state index in [9.17, 15) is 51.5 Å². The van der Waals surface area contributed by atoms with Gasteiger partial charge in [-0.3, -0.25) is 13.9 Å². The van der Waals surface area contributed by atoms with Crippen LogP contribution in [0.4, 0.5) is 23.1 Å². The van der Waals surface area contributed by atoms with E-state index in [-0.39, 0.29) is 35.3 Å². The van der Waals surface area contributed by atoms with Crippen molar-refractivity contribution >= 4 is 79.4 Å². The maximum absolute atomic E-state index is 13.1. The summed E-state index contributed by atoms with van der Waals surface area (Å²) in [6.45, 7) is 7.91. The van der Waals surface area contributed by atoms with Crippen LogP contribution < -0.4 is 41.3 Å². The molecule has 8 rings (SSSR count). The van der Waals surface area contributed by atoms with E-state index < -0.39 is 76.0 Å². The molecule has 0 aliphatic carbocycles. The molecule has 4 aromatic rings. The van der Waals surface area contributed by atoms with Crippen LogP contribution in [0.3, 0.4) is 0 Å². The Morgan fingerprint density at radius 2 is 1.73 bits per heavy atom. The maximum atomic E-state index is 13.1. The molecule has 1 amide bonds. The zero-order chi connectivity index (χ0) is 54.3. The average Bonchev–Trinajstić information content (AvgIpc) is 3.81. The van der Waals surface area contributed by atoms with E-state index in [0.717, 1.165) is 44.0 Å². The van der Waals surface area contributed by atoms with Crippen LogP contribution in [0.1, 0.15) is 83.1 Å². The zero-order valence-electron chi connectivity index (χ0n) is 40.9. The fourth-order valence-electron chi connectivity index (χ4n) is 9.60. The molecule has 4 aliphatic rings. The molecule has 10 N–H and O–H groups in total. The lowest BCUT2D eigenvalue weighted by Crippen LogP contribution is -2.46. The number of hydrogen-bond donors (Lipinski definition) is 9. The van der Waals surface area contributed by atoms with Gasteiger partial charge in [0.15, 0.2) is 34.7 Å². The minimum atomic E-state index is -5.82. The summed E-state index contributed by atoms with van der Waals surface area (Å²) in [6, 6.07) is 7.69. The average molecular weight is 1130 g/mol. The summed E-state index contributed by atoms with van der Waals surface area (Å²) in [5.74, 6) is 0.342. The number of carbonyl (C=O) groups is 1. The van der Waals surface area contributed by atoms with Crippen LogP contribution >= 0.6 is 23.5 Å². The van der Waals surface area contributed by atoms with Gasteiger partial charge in [0.2, 0.25) is 17.2 Å². The molecule has 2 aromatic heterocycles. The smallest absolute Gasteiger partial charge is 0.490 e. The molecule has 32 heteroatoms. The standard InChI is InChI=1S/C43H59N10O18P3S/c1-4-51-15-9-11-25-17-28-32(19-30(25)51)68-33-20-31-27(18-29(33)49-28)26(23-75(64,65)66)21-43(2,3)52(31)16-10-12-35(54)45-13-7-5-6-8-14-46-42-50-36-39(44)47-24-48-40(36)53(42)41-38(56)37(55)34(69-41)22-67-73(60,61)71-74(62,63)70-72(57,58)59/h17-21,24,34,37-38,41,44,49,55-56H,4-16,22-23H2,1-3H3,(H6,45,54,57,58,59,60,61,62,63,64,65,66)/t34-,37-,38-,41-/m1/s1. The van der Waals surface area contributed by atoms with Crippen molar-refractivity contribution in [2.45, 2.75) is 102 Å². The third-order valence-electron chi connectivity index (χ3n) is 12.9. The van der Waals surface area contributed by atoms with Crippen molar-refractivity contribution < 1.29 is 83.9 Å². The number of ether oxygens (including phenoxy) is 2. The van der Waals surface area contributed by atoms with Crippen molar-refractivity contribution in [3.05, 3.63) is 58.5 Å². The van der Waals surface area contributed by atoms with Gasteiger partial charge in [0, 0.05) is 55.4 Å². The van der Waals surface area contributed by atoms with Crippen LogP contribution in [0, 0.1) is 0 Å². The number of unbranched alkanes of at least 4 members (excludes halogenated alkanes) is 3. The van der Waals surface area contributed by atoms with Crippen molar-refractivity contribution in [2.75, 3.05) is 61.0 Å². The summed E-state index contributed by atoms with van der Waals surface area (Å²) in [6.07, 6.45) is 1.68. The number of carbonyl (C=O) groups excluding carboxylic acids is 1. The number of phosphoric ester groups is 1. The molecule has 2 aromatic carbocycles. The fourth-order valence-corrected chi connectivity index (χ4v) is 13.3. The Kier molecular flexibility index (Phi) is 16.8. The lowest BCUT2D eigenvalue weighted by molar-refractivity contribution is -0.121. The van der Waals surface area contributed by atoms with Gasteiger partial charge in [-0.25, -0.2) is 46.6 Å². The molecule has 0 radical (unpaired) electrons. The normalized spacial score (nSPS) is 21.7. The summed E-state index contributed by atoms with van der Waals surface area (Å²) >= 11 is 0. The van der Waals surface area contributed by atoms with Crippen molar-refractivity contribution in [3.63, 3.8) is 0 Å². The van der Waals surface area contributed by atoms with E-state index in [0.29, 0.717) is 84.7 Å². The van der Waals surface area contributed by atoms with Crippen molar-refractivity contribution in [2.24, 2.45) is 4.99 Å². The SMILES string of the molecule is CC[N+]1=c2cc3c(cc2CCC1)=Nc1cc2c(cc1O3)N(CCCC(=O)NCCCCCCNc1nc3c(N)ncnc3n1[C@@H]1O[C@H](COP(=O)(O)OP(=O)(O)OP(=O)(O)O)[C@@H](O)[C@H]1O)C(C)(C)C=C2CS(=O)(=O)[O-]. The van der Waals surface area contributed by atoms with E-state index in [1.807, 2.05) is 32.0 Å². The molecule has 6 heterocycles. The van der Waals surface area contributed by atoms with E-state index >= 15 is 0 Å². The Morgan fingerprint density at radius 3 is 2.45 bits per heavy atom. The molecule has 0 saturated carbocycles. The number of benzene rings is 2. The van der Waals surface area contributed by atoms with E-state index in [2.05, 4.69) is 55.1 Å². The molecule has 2 unspecified atom stereocenters. The first kappa shape index (κ1) is 56.4. The van der Waals surface area contributed by atoms with Gasteiger partial charge in [0.1, 0.15) is 48.8 Å². The van der Waals surface area contributed by atoms with Crippen molar-refractivity contribution in [3.8, 4) is 11.5 Å². The minimum Gasteiger partial charge on any atom is -0.748 e. The number of imidazole rings is 1. The van der Waals surface area contributed by atoms with Gasteiger partial charge in [-0.05, 0) is 64.2 Å². The van der Waals surface area contributed by atoms with Crippen molar-refractivity contribution in [1.82, 2.24) is 29.4 Å². The lowest BCUT2D eigenvalue weighted by Gasteiger charge is -2.44. The third-order valence-corrected chi connectivity index (χ3v) is 17.4. The summed E-state index contributed by atoms with van der Waals surface area (Å²) in [7, 11) is -21.7. The minimum absolute atomic E-state index is 0.0258. The number of rotatable bonds is 23. The van der Waals surface area contributed by atoms with Crippen LogP contribution in [0.5, 0.6) is 11.5 Å². The topological polar surface area (TPSA) is 405 Å². The molecule has 75 heavy (non-hydrogen) atoms. The van der Waals surface area contributed by atoms with Gasteiger partial charge in [-0.1, -0.05) is 18.9 Å². The quantitative estimate of drug-likeness (QED) is 0.0195. The highest BCUT2D eigenvalue weighted by Crippen LogP contribution is 2.66. The number of nitrogens with one attached hydrogen (secondary N) is 2. The summed E-state index contributed by atoms with van der Waals surface area (Å²) in [5.41, 5.74) is 8.81. The van der Waals surface area contributed by atoms with Crippen LogP contribution in [0.15, 0.2) is 41.7 Å². The van der Waals surface area contributed by atoms with E-state index in [1.54, 1.807) is 12.1 Å². The van der Waals surface area contributed by atoms with Crippen LogP contribution in [0.2, 0.25) is 0 Å². The number of hydrogen-bond acceptors (Lipinski definition) is 21. The third kappa shape index (κ3) is 13.5. The Hall–Kier alpha value is -4.80. The number of nitrogens with two attached hydrogens (primary N) is 1. The Labute approximate surface area is 429 Å². The number of aliphatic hydroxyl groups excluding tert-OH is 2. The summed E-state index contributed by atoms with van der Waals surface area (Å²) < 4.78 is 99.3. The molecule has 0 bridgehead atoms. The zero-order valence-corrected chi connectivity index (χ0v) is 44.4. The van der Waals surface area contributed by atoms with Gasteiger partial charge in [0.05, 0.1) is 34.1 Å². The Bertz CT molecular complexity index is 3280. The highest BCUT2D eigenvalue weighted by atomic mass is 32.2. The monoisotopic (exact) mass is 1130 g/mol. The Balaban J connectivity index is 0.825. The molecule has 1 saturated heterocycles. The number of nitrogen functional groups attached to an aromatic ring is 1. The summed E-state index contributed by atoms with van der Waals surface area (Å²) in [5, 5.41) is 29.7.